The SMILES string of the molecule is CSCC[C@H](CC(C)S(N)=O)B1OC(C)(C)C(C)(C)O1. The number of rotatable bonds is 7. The first kappa shape index (κ1) is 18.5. The predicted molar refractivity (Wildman–Crippen MR) is 89.2 cm³/mol. The van der Waals surface area contributed by atoms with Crippen LogP contribution in [0.25, 0.3) is 0 Å². The highest BCUT2D eigenvalue weighted by Crippen LogP contribution is 2.42. The van der Waals surface area contributed by atoms with E-state index in [1.165, 1.54) is 0 Å². The van der Waals surface area contributed by atoms with E-state index in [0.29, 0.717) is 0 Å². The molecule has 0 amide bonds. The van der Waals surface area contributed by atoms with Gasteiger partial charge in [0.15, 0.2) is 0 Å². The summed E-state index contributed by atoms with van der Waals surface area (Å²) in [4.78, 5) is 0. The lowest BCUT2D eigenvalue weighted by atomic mass is 9.68. The summed E-state index contributed by atoms with van der Waals surface area (Å²) < 4.78 is 23.7. The maximum absolute atomic E-state index is 11.4. The van der Waals surface area contributed by atoms with Crippen molar-refractivity contribution in [2.24, 2.45) is 5.14 Å². The Hall–Kier alpha value is 0.445. The van der Waals surface area contributed by atoms with Gasteiger partial charge in [-0.25, -0.2) is 4.21 Å². The average molecular weight is 321 g/mol. The summed E-state index contributed by atoms with van der Waals surface area (Å²) in [6.07, 6.45) is 3.84. The molecule has 0 spiro atoms. The van der Waals surface area contributed by atoms with Crippen molar-refractivity contribution in [1.29, 1.82) is 0 Å². The first-order chi connectivity index (χ1) is 9.10. The maximum Gasteiger partial charge on any atom is 0.461 e. The van der Waals surface area contributed by atoms with Crippen LogP contribution < -0.4 is 5.14 Å². The van der Waals surface area contributed by atoms with Crippen LogP contribution in [0.2, 0.25) is 5.82 Å². The molecule has 1 aliphatic rings. The van der Waals surface area contributed by atoms with E-state index in [0.717, 1.165) is 18.6 Å². The molecule has 0 aliphatic carbocycles. The number of thioether (sulfide) groups is 1. The topological polar surface area (TPSA) is 61.6 Å². The van der Waals surface area contributed by atoms with Crippen LogP contribution in [0.4, 0.5) is 0 Å². The minimum absolute atomic E-state index is 0.0409. The first-order valence-corrected chi connectivity index (χ1v) is 9.77. The third kappa shape index (κ3) is 4.47. The molecule has 2 N–H and O–H groups in total. The van der Waals surface area contributed by atoms with Crippen LogP contribution in [0.3, 0.4) is 0 Å². The van der Waals surface area contributed by atoms with E-state index in [2.05, 4.69) is 34.0 Å². The Kier molecular flexibility index (Phi) is 6.60. The van der Waals surface area contributed by atoms with E-state index in [1.807, 2.05) is 6.92 Å². The van der Waals surface area contributed by atoms with Crippen LogP contribution >= 0.6 is 11.8 Å². The Bertz CT molecular complexity index is 337. The van der Waals surface area contributed by atoms with Gasteiger partial charge < -0.3 is 9.31 Å². The number of nitrogens with two attached hydrogens (primary N) is 1. The van der Waals surface area contributed by atoms with Crippen molar-refractivity contribution in [3.8, 4) is 0 Å². The molecule has 0 aromatic heterocycles. The van der Waals surface area contributed by atoms with Crippen molar-refractivity contribution in [2.75, 3.05) is 12.0 Å². The summed E-state index contributed by atoms with van der Waals surface area (Å²) in [6.45, 7) is 10.2. The molecular formula is C13H28BNO3S2. The Balaban J connectivity index is 2.77. The predicted octanol–water partition coefficient (Wildman–Crippen LogP) is 2.60. The molecule has 0 aromatic rings. The highest BCUT2D eigenvalue weighted by molar-refractivity contribution is 7.98. The van der Waals surface area contributed by atoms with Gasteiger partial charge in [-0.05, 0) is 65.3 Å². The van der Waals surface area contributed by atoms with Gasteiger partial charge in [0, 0.05) is 5.25 Å². The lowest BCUT2D eigenvalue weighted by Crippen LogP contribution is -2.41. The fourth-order valence-electron chi connectivity index (χ4n) is 2.24. The van der Waals surface area contributed by atoms with Gasteiger partial charge in [-0.2, -0.15) is 11.8 Å². The van der Waals surface area contributed by atoms with Crippen molar-refractivity contribution in [3.63, 3.8) is 0 Å². The lowest BCUT2D eigenvalue weighted by Gasteiger charge is -2.32. The molecule has 4 nitrogen and oxygen atoms in total. The summed E-state index contributed by atoms with van der Waals surface area (Å²) in [6, 6.07) is 0. The van der Waals surface area contributed by atoms with Crippen LogP contribution in [-0.2, 0) is 20.3 Å². The highest BCUT2D eigenvalue weighted by Gasteiger charge is 2.53. The molecule has 3 atom stereocenters. The van der Waals surface area contributed by atoms with Gasteiger partial charge in [-0.1, -0.05) is 0 Å². The molecule has 20 heavy (non-hydrogen) atoms. The smallest absolute Gasteiger partial charge is 0.403 e. The summed E-state index contributed by atoms with van der Waals surface area (Å²) in [5.41, 5.74) is -0.638. The van der Waals surface area contributed by atoms with Gasteiger partial charge in [0.2, 0.25) is 0 Å². The van der Waals surface area contributed by atoms with E-state index in [-0.39, 0.29) is 29.4 Å². The zero-order chi connectivity index (χ0) is 15.6. The zero-order valence-corrected chi connectivity index (χ0v) is 15.1. The maximum atomic E-state index is 11.4. The molecule has 1 rings (SSSR count). The minimum Gasteiger partial charge on any atom is -0.403 e. The quantitative estimate of drug-likeness (QED) is 0.732. The van der Waals surface area contributed by atoms with Crippen LogP contribution in [0, 0.1) is 0 Å². The third-order valence-corrected chi connectivity index (χ3v) is 6.01. The van der Waals surface area contributed by atoms with Crippen molar-refractivity contribution in [3.05, 3.63) is 0 Å². The van der Waals surface area contributed by atoms with Gasteiger partial charge in [0.05, 0.1) is 22.2 Å². The average Bonchev–Trinajstić information content (AvgIpc) is 2.53. The largest absolute Gasteiger partial charge is 0.461 e. The van der Waals surface area contributed by atoms with Crippen LogP contribution in [0.5, 0.6) is 0 Å². The van der Waals surface area contributed by atoms with Crippen LogP contribution in [-0.4, -0.2) is 39.8 Å². The highest BCUT2D eigenvalue weighted by atomic mass is 32.2. The van der Waals surface area contributed by atoms with Crippen molar-refractivity contribution >= 4 is 29.9 Å². The summed E-state index contributed by atoms with van der Waals surface area (Å²) in [5, 5.41) is 5.46. The molecule has 2 unspecified atom stereocenters. The molecule has 118 valence electrons. The molecular weight excluding hydrogens is 293 g/mol. The van der Waals surface area contributed by atoms with E-state index < -0.39 is 11.0 Å². The molecule has 1 aliphatic heterocycles. The zero-order valence-electron chi connectivity index (χ0n) is 13.5. The van der Waals surface area contributed by atoms with Crippen LogP contribution in [0.15, 0.2) is 0 Å². The second-order valence-electron chi connectivity index (χ2n) is 6.54. The van der Waals surface area contributed by atoms with Gasteiger partial charge in [-0.3, -0.25) is 5.14 Å². The fourth-order valence-corrected chi connectivity index (χ4v) is 3.21. The van der Waals surface area contributed by atoms with Gasteiger partial charge in [0.1, 0.15) is 0 Å². The van der Waals surface area contributed by atoms with Crippen molar-refractivity contribution in [2.45, 2.75) is 69.7 Å². The monoisotopic (exact) mass is 321 g/mol. The Morgan fingerprint density at radius 3 is 2.15 bits per heavy atom. The van der Waals surface area contributed by atoms with Gasteiger partial charge >= 0.3 is 7.12 Å². The fraction of sp³-hybridized carbons (Fsp3) is 1.00. The third-order valence-electron chi connectivity index (χ3n) is 4.38. The van der Waals surface area contributed by atoms with E-state index in [1.54, 1.807) is 11.8 Å². The van der Waals surface area contributed by atoms with Crippen molar-refractivity contribution in [1.82, 2.24) is 0 Å². The Morgan fingerprint density at radius 1 is 1.25 bits per heavy atom. The first-order valence-electron chi connectivity index (χ1n) is 7.10. The lowest BCUT2D eigenvalue weighted by molar-refractivity contribution is 0.00578. The molecule has 1 heterocycles. The Labute approximate surface area is 130 Å². The second-order valence-corrected chi connectivity index (χ2v) is 8.99. The van der Waals surface area contributed by atoms with Crippen molar-refractivity contribution < 1.29 is 13.5 Å². The van der Waals surface area contributed by atoms with Crippen LogP contribution in [0.1, 0.15) is 47.5 Å². The number of hydrogen-bond acceptors (Lipinski definition) is 4. The Morgan fingerprint density at radius 2 is 1.75 bits per heavy atom. The normalized spacial score (nSPS) is 25.4. The summed E-state index contributed by atoms with van der Waals surface area (Å²) in [5.74, 6) is 1.27. The summed E-state index contributed by atoms with van der Waals surface area (Å²) in [7, 11) is -1.53. The standard InChI is InChI=1S/C13H28BNO3S2/c1-10(20(15)16)9-11(7-8-19-6)14-17-12(2,3)13(4,5)18-14/h10-11H,7-9,15H2,1-6H3/t10?,11-,20?/m1/s1. The minimum atomic E-state index is -1.29. The molecule has 7 heteroatoms. The van der Waals surface area contributed by atoms with Gasteiger partial charge in [0.25, 0.3) is 0 Å². The molecule has 1 saturated heterocycles. The molecule has 0 saturated carbocycles. The number of hydrogen-bond donors (Lipinski definition) is 1. The second kappa shape index (κ2) is 7.14. The molecule has 0 radical (unpaired) electrons. The molecule has 0 bridgehead atoms. The van der Waals surface area contributed by atoms with E-state index in [4.69, 9.17) is 14.4 Å². The van der Waals surface area contributed by atoms with E-state index >= 15 is 0 Å². The molecule has 0 aromatic carbocycles. The molecule has 1 fully saturated rings. The van der Waals surface area contributed by atoms with E-state index in [9.17, 15) is 4.21 Å². The summed E-state index contributed by atoms with van der Waals surface area (Å²) >= 11 is 1.81. The van der Waals surface area contributed by atoms with Gasteiger partial charge in [-0.15, -0.1) is 0 Å².